The molecule has 1 amide bonds. The van der Waals surface area contributed by atoms with Crippen LogP contribution in [0.15, 0.2) is 53.9 Å². The average Bonchev–Trinajstić information content (AvgIpc) is 3.17. The Morgan fingerprint density at radius 1 is 1.10 bits per heavy atom. The number of rotatable bonds is 7. The van der Waals surface area contributed by atoms with E-state index >= 15 is 0 Å². The van der Waals surface area contributed by atoms with Crippen molar-refractivity contribution in [2.45, 2.75) is 19.0 Å². The number of methoxy groups -OCH3 is 1. The first kappa shape index (κ1) is 20.9. The number of amides is 1. The maximum Gasteiger partial charge on any atom is 0.416 e. The molecule has 1 N–H and O–H groups in total. The Morgan fingerprint density at radius 3 is 2.41 bits per heavy atom. The Bertz CT molecular complexity index is 951. The van der Waals surface area contributed by atoms with Gasteiger partial charge < -0.3 is 10.1 Å². The quantitative estimate of drug-likeness (QED) is 0.601. The van der Waals surface area contributed by atoms with Crippen LogP contribution in [-0.2, 0) is 23.8 Å². The van der Waals surface area contributed by atoms with E-state index in [0.717, 1.165) is 29.1 Å². The van der Waals surface area contributed by atoms with Gasteiger partial charge in [-0.2, -0.15) is 13.2 Å². The first-order valence-corrected chi connectivity index (χ1v) is 9.75. The maximum absolute atomic E-state index is 12.6. The van der Waals surface area contributed by atoms with Crippen molar-refractivity contribution in [3.63, 3.8) is 0 Å². The normalized spacial score (nSPS) is 11.3. The van der Waals surface area contributed by atoms with Gasteiger partial charge in [-0.1, -0.05) is 24.3 Å². The number of hydrogen-bond acceptors (Lipinski definition) is 4. The summed E-state index contributed by atoms with van der Waals surface area (Å²) in [6.45, 7) is 0.436. The number of ether oxygens (including phenoxy) is 1. The molecule has 8 heteroatoms. The van der Waals surface area contributed by atoms with Crippen LogP contribution in [0.25, 0.3) is 10.6 Å². The van der Waals surface area contributed by atoms with Gasteiger partial charge in [0.25, 0.3) is 0 Å². The minimum absolute atomic E-state index is 0.0895. The predicted molar refractivity (Wildman–Crippen MR) is 106 cm³/mol. The smallest absolute Gasteiger partial charge is 0.416 e. The molecule has 0 atom stereocenters. The van der Waals surface area contributed by atoms with E-state index in [-0.39, 0.29) is 12.3 Å². The predicted octanol–water partition coefficient (Wildman–Crippen LogP) is 4.74. The highest BCUT2D eigenvalue weighted by Gasteiger charge is 2.30. The third-order valence-electron chi connectivity index (χ3n) is 4.24. The molecule has 3 rings (SSSR count). The maximum atomic E-state index is 12.6. The largest absolute Gasteiger partial charge is 0.497 e. The van der Waals surface area contributed by atoms with Gasteiger partial charge in [0.1, 0.15) is 10.8 Å². The molecule has 3 aromatic rings. The number of nitrogens with zero attached hydrogens (tertiary/aromatic N) is 1. The van der Waals surface area contributed by atoms with Gasteiger partial charge in [0, 0.05) is 23.9 Å². The Kier molecular flexibility index (Phi) is 6.53. The Balaban J connectivity index is 1.49. The van der Waals surface area contributed by atoms with E-state index in [1.165, 1.54) is 23.5 Å². The van der Waals surface area contributed by atoms with E-state index in [1.54, 1.807) is 19.2 Å². The average molecular weight is 420 g/mol. The monoisotopic (exact) mass is 420 g/mol. The van der Waals surface area contributed by atoms with Crippen LogP contribution in [0.4, 0.5) is 13.2 Å². The molecule has 1 aromatic heterocycles. The van der Waals surface area contributed by atoms with Gasteiger partial charge >= 0.3 is 6.18 Å². The third-order valence-corrected chi connectivity index (χ3v) is 5.18. The van der Waals surface area contributed by atoms with Crippen LogP contribution < -0.4 is 10.1 Å². The second-order valence-corrected chi connectivity index (χ2v) is 7.20. The number of alkyl halides is 3. The molecule has 0 bridgehead atoms. The number of thiazole rings is 1. The number of benzene rings is 2. The van der Waals surface area contributed by atoms with E-state index in [9.17, 15) is 18.0 Å². The second kappa shape index (κ2) is 9.09. The fraction of sp³-hybridized carbons (Fsp3) is 0.238. The van der Waals surface area contributed by atoms with Crippen molar-refractivity contribution >= 4 is 17.2 Å². The van der Waals surface area contributed by atoms with Gasteiger partial charge in [0.15, 0.2) is 0 Å². The molecule has 29 heavy (non-hydrogen) atoms. The first-order chi connectivity index (χ1) is 13.8. The number of hydrogen-bond donors (Lipinski definition) is 1. The van der Waals surface area contributed by atoms with Crippen LogP contribution in [0.3, 0.4) is 0 Å². The topological polar surface area (TPSA) is 51.2 Å². The summed E-state index contributed by atoms with van der Waals surface area (Å²) in [5.41, 5.74) is 1.63. The van der Waals surface area contributed by atoms with Crippen LogP contribution in [0.2, 0.25) is 0 Å². The fourth-order valence-electron chi connectivity index (χ4n) is 2.68. The van der Waals surface area contributed by atoms with Gasteiger partial charge in [0.05, 0.1) is 24.8 Å². The standard InChI is InChI=1S/C21H19F3N2O2S/c1-28-18-8-2-14(3-9-18)12-19(27)25-11-10-17-13-29-20(26-17)15-4-6-16(7-5-15)21(22,23)24/h2-9,13H,10-12H2,1H3,(H,25,27). The zero-order valence-corrected chi connectivity index (χ0v) is 16.4. The highest BCUT2D eigenvalue weighted by molar-refractivity contribution is 7.13. The minimum atomic E-state index is -4.35. The Hall–Kier alpha value is -2.87. The van der Waals surface area contributed by atoms with Crippen molar-refractivity contribution in [3.05, 3.63) is 70.7 Å². The van der Waals surface area contributed by atoms with Crippen molar-refractivity contribution < 1.29 is 22.7 Å². The third kappa shape index (κ3) is 5.80. The summed E-state index contributed by atoms with van der Waals surface area (Å²) in [6, 6.07) is 12.2. The highest BCUT2D eigenvalue weighted by atomic mass is 32.1. The zero-order valence-electron chi connectivity index (χ0n) is 15.6. The SMILES string of the molecule is COc1ccc(CC(=O)NCCc2csc(-c3ccc(C(F)(F)F)cc3)n2)cc1. The van der Waals surface area contributed by atoms with Crippen LogP contribution >= 0.6 is 11.3 Å². The zero-order chi connectivity index (χ0) is 20.9. The lowest BCUT2D eigenvalue weighted by Crippen LogP contribution is -2.27. The van der Waals surface area contributed by atoms with Crippen molar-refractivity contribution in [3.8, 4) is 16.3 Å². The highest BCUT2D eigenvalue weighted by Crippen LogP contribution is 2.31. The summed E-state index contributed by atoms with van der Waals surface area (Å²) in [4.78, 5) is 16.5. The molecular formula is C21H19F3N2O2S. The number of carbonyl (C=O) groups excluding carboxylic acids is 1. The number of nitrogens with one attached hydrogen (secondary N) is 1. The summed E-state index contributed by atoms with van der Waals surface area (Å²) >= 11 is 1.36. The fourth-order valence-corrected chi connectivity index (χ4v) is 3.54. The molecule has 0 saturated carbocycles. The van der Waals surface area contributed by atoms with Crippen molar-refractivity contribution in [1.82, 2.24) is 10.3 Å². The molecule has 152 valence electrons. The molecule has 4 nitrogen and oxygen atoms in total. The number of halogens is 3. The number of aromatic nitrogens is 1. The summed E-state index contributed by atoms with van der Waals surface area (Å²) in [7, 11) is 1.59. The van der Waals surface area contributed by atoms with Gasteiger partial charge in [-0.05, 0) is 29.8 Å². The van der Waals surface area contributed by atoms with Crippen molar-refractivity contribution in [2.24, 2.45) is 0 Å². The van der Waals surface area contributed by atoms with Gasteiger partial charge in [-0.3, -0.25) is 4.79 Å². The minimum Gasteiger partial charge on any atom is -0.497 e. The first-order valence-electron chi connectivity index (χ1n) is 8.87. The number of carbonyl (C=O) groups is 1. The molecule has 0 fully saturated rings. The van der Waals surface area contributed by atoms with E-state index in [1.807, 2.05) is 17.5 Å². The van der Waals surface area contributed by atoms with E-state index < -0.39 is 11.7 Å². The molecule has 1 heterocycles. The van der Waals surface area contributed by atoms with E-state index in [0.29, 0.717) is 23.5 Å². The molecule has 0 spiro atoms. The summed E-state index contributed by atoms with van der Waals surface area (Å²) in [5.74, 6) is 0.648. The summed E-state index contributed by atoms with van der Waals surface area (Å²) < 4.78 is 43.0. The van der Waals surface area contributed by atoms with Gasteiger partial charge in [0.2, 0.25) is 5.91 Å². The molecule has 0 unspecified atom stereocenters. The van der Waals surface area contributed by atoms with Gasteiger partial charge in [-0.15, -0.1) is 11.3 Å². The Labute approximate surface area is 170 Å². The van der Waals surface area contributed by atoms with Crippen LogP contribution in [0.1, 0.15) is 16.8 Å². The molecule has 0 aliphatic carbocycles. The van der Waals surface area contributed by atoms with Crippen LogP contribution in [0.5, 0.6) is 5.75 Å². The Morgan fingerprint density at radius 2 is 1.79 bits per heavy atom. The van der Waals surface area contributed by atoms with Gasteiger partial charge in [-0.25, -0.2) is 4.98 Å². The summed E-state index contributed by atoms with van der Waals surface area (Å²) in [5, 5.41) is 5.35. The lowest BCUT2D eigenvalue weighted by molar-refractivity contribution is -0.137. The lowest BCUT2D eigenvalue weighted by atomic mass is 10.1. The summed E-state index contributed by atoms with van der Waals surface area (Å²) in [6.07, 6.45) is -3.53. The van der Waals surface area contributed by atoms with Crippen LogP contribution in [-0.4, -0.2) is 24.5 Å². The molecule has 0 saturated heterocycles. The molecule has 0 radical (unpaired) electrons. The molecule has 0 aliphatic rings. The molecule has 0 aliphatic heterocycles. The second-order valence-electron chi connectivity index (χ2n) is 6.34. The van der Waals surface area contributed by atoms with E-state index in [2.05, 4.69) is 10.3 Å². The van der Waals surface area contributed by atoms with Crippen LogP contribution in [0, 0.1) is 0 Å². The molecule has 2 aromatic carbocycles. The lowest BCUT2D eigenvalue weighted by Gasteiger charge is -2.06. The molecular weight excluding hydrogens is 401 g/mol. The van der Waals surface area contributed by atoms with Crippen molar-refractivity contribution in [2.75, 3.05) is 13.7 Å². The van der Waals surface area contributed by atoms with E-state index in [4.69, 9.17) is 4.74 Å². The van der Waals surface area contributed by atoms with Crippen molar-refractivity contribution in [1.29, 1.82) is 0 Å².